The first kappa shape index (κ1) is 11.0. The van der Waals surface area contributed by atoms with Crippen LogP contribution in [0.1, 0.15) is 16.0 Å². The molecule has 0 atom stereocenters. The fraction of sp³-hybridized carbons (Fsp3) is 0.231. The molecule has 1 aromatic carbocycles. The van der Waals surface area contributed by atoms with Gasteiger partial charge >= 0.3 is 0 Å². The quantitative estimate of drug-likeness (QED) is 0.810. The number of benzene rings is 1. The summed E-state index contributed by atoms with van der Waals surface area (Å²) < 4.78 is 0. The third kappa shape index (κ3) is 2.76. The van der Waals surface area contributed by atoms with Gasteiger partial charge in [-0.3, -0.25) is 9.78 Å². The number of aromatic nitrogens is 1. The smallest absolute Gasteiger partial charge is 0.142 e. The van der Waals surface area contributed by atoms with E-state index >= 15 is 0 Å². The zero-order valence-electron chi connectivity index (χ0n) is 9.14. The Morgan fingerprint density at radius 2 is 2.12 bits per heavy atom. The number of hydrogen-bond donors (Lipinski definition) is 0. The topological polar surface area (TPSA) is 30.0 Å². The van der Waals surface area contributed by atoms with Gasteiger partial charge in [0.2, 0.25) is 0 Å². The van der Waals surface area contributed by atoms with Gasteiger partial charge in [-0.25, -0.2) is 0 Å². The van der Waals surface area contributed by atoms with Crippen LogP contribution in [0.4, 0.5) is 0 Å². The number of rotatable bonds is 4. The maximum atomic E-state index is 11.8. The van der Waals surface area contributed by atoms with Crippen LogP contribution < -0.4 is 0 Å². The summed E-state index contributed by atoms with van der Waals surface area (Å²) in [5.41, 5.74) is 4.06. The second-order valence-electron chi connectivity index (χ2n) is 3.79. The monoisotopic (exact) mass is 231 g/mol. The summed E-state index contributed by atoms with van der Waals surface area (Å²) >= 11 is 1.53. The molecule has 3 heteroatoms. The number of ketones is 1. The molecular formula is C13H13NOS. The van der Waals surface area contributed by atoms with Crippen molar-refractivity contribution < 1.29 is 4.79 Å². The number of hydrogen-bond acceptors (Lipinski definition) is 3. The lowest BCUT2D eigenvalue weighted by Crippen LogP contribution is -2.06. The fourth-order valence-electron chi connectivity index (χ4n) is 1.61. The van der Waals surface area contributed by atoms with Gasteiger partial charge in [0.25, 0.3) is 0 Å². The summed E-state index contributed by atoms with van der Waals surface area (Å²) in [4.78, 5) is 16.8. The molecule has 1 aromatic heterocycles. The Hall–Kier alpha value is -1.48. The van der Waals surface area contributed by atoms with E-state index in [0.29, 0.717) is 12.8 Å². The summed E-state index contributed by atoms with van der Waals surface area (Å²) in [5.74, 6) is 0.249. The Bertz CT molecular complexity index is 476. The van der Waals surface area contributed by atoms with Gasteiger partial charge in [0, 0.05) is 23.9 Å². The van der Waals surface area contributed by atoms with E-state index in [1.807, 2.05) is 31.2 Å². The van der Waals surface area contributed by atoms with Gasteiger partial charge in [-0.1, -0.05) is 24.3 Å². The highest BCUT2D eigenvalue weighted by Gasteiger charge is 2.07. The number of carbonyl (C=O) groups is 1. The maximum absolute atomic E-state index is 11.8. The van der Waals surface area contributed by atoms with E-state index in [1.165, 1.54) is 16.9 Å². The van der Waals surface area contributed by atoms with Gasteiger partial charge in [-0.05, 0) is 18.1 Å². The largest absolute Gasteiger partial charge is 0.299 e. The lowest BCUT2D eigenvalue weighted by molar-refractivity contribution is -0.117. The molecule has 0 aliphatic heterocycles. The van der Waals surface area contributed by atoms with Crippen LogP contribution in [0, 0.1) is 6.92 Å². The Kier molecular flexibility index (Phi) is 3.47. The summed E-state index contributed by atoms with van der Waals surface area (Å²) in [6, 6.07) is 8.02. The van der Waals surface area contributed by atoms with Crippen molar-refractivity contribution in [1.82, 2.24) is 4.98 Å². The zero-order valence-corrected chi connectivity index (χ0v) is 9.96. The number of thiazole rings is 1. The van der Waals surface area contributed by atoms with E-state index in [9.17, 15) is 4.79 Å². The van der Waals surface area contributed by atoms with Gasteiger partial charge in [-0.15, -0.1) is 11.3 Å². The molecule has 16 heavy (non-hydrogen) atoms. The maximum Gasteiger partial charge on any atom is 0.142 e. The number of Topliss-reactive ketones (excluding diaryl/α,β-unsaturated/α-hetero) is 1. The molecule has 0 spiro atoms. The fourth-order valence-corrected chi connectivity index (χ4v) is 2.23. The van der Waals surface area contributed by atoms with Crippen molar-refractivity contribution in [3.63, 3.8) is 0 Å². The van der Waals surface area contributed by atoms with E-state index in [4.69, 9.17) is 0 Å². The average molecular weight is 231 g/mol. The molecule has 0 saturated carbocycles. The first-order valence-corrected chi connectivity index (χ1v) is 6.07. The molecule has 82 valence electrons. The minimum Gasteiger partial charge on any atom is -0.299 e. The predicted molar refractivity (Wildman–Crippen MR) is 65.7 cm³/mol. The van der Waals surface area contributed by atoms with E-state index < -0.39 is 0 Å². The predicted octanol–water partition coefficient (Wildman–Crippen LogP) is 2.81. The molecule has 0 radical (unpaired) electrons. The molecule has 0 unspecified atom stereocenters. The molecule has 0 amide bonds. The third-order valence-electron chi connectivity index (χ3n) is 2.50. The normalized spacial score (nSPS) is 10.3. The van der Waals surface area contributed by atoms with E-state index in [0.717, 1.165) is 10.4 Å². The van der Waals surface area contributed by atoms with Crippen LogP contribution in [0.3, 0.4) is 0 Å². The molecule has 0 N–H and O–H groups in total. The summed E-state index contributed by atoms with van der Waals surface area (Å²) in [5, 5.41) is 0. The second kappa shape index (κ2) is 5.03. The number of nitrogens with zero attached hydrogens (tertiary/aromatic N) is 1. The second-order valence-corrected chi connectivity index (χ2v) is 4.76. The van der Waals surface area contributed by atoms with Gasteiger partial charge in [0.05, 0.1) is 5.51 Å². The molecule has 2 rings (SSSR count). The Labute approximate surface area is 99.0 Å². The summed E-state index contributed by atoms with van der Waals surface area (Å²) in [7, 11) is 0. The van der Waals surface area contributed by atoms with Crippen molar-refractivity contribution in [2.45, 2.75) is 19.8 Å². The minimum absolute atomic E-state index is 0.249. The first-order valence-electron chi connectivity index (χ1n) is 5.19. The van der Waals surface area contributed by atoms with Crippen LogP contribution in [0.15, 0.2) is 36.0 Å². The molecule has 2 nitrogen and oxygen atoms in total. The Morgan fingerprint density at radius 3 is 2.81 bits per heavy atom. The molecule has 0 saturated heterocycles. The average Bonchev–Trinajstić information content (AvgIpc) is 2.74. The van der Waals surface area contributed by atoms with Crippen LogP contribution in [0.2, 0.25) is 0 Å². The third-order valence-corrected chi connectivity index (χ3v) is 3.28. The van der Waals surface area contributed by atoms with Gasteiger partial charge in [0.1, 0.15) is 5.78 Å². The number of carbonyl (C=O) groups excluding carboxylic acids is 1. The zero-order chi connectivity index (χ0) is 11.4. The molecule has 0 bridgehead atoms. The van der Waals surface area contributed by atoms with Crippen molar-refractivity contribution in [1.29, 1.82) is 0 Å². The molecule has 0 fully saturated rings. The molecule has 2 aromatic rings. The van der Waals surface area contributed by atoms with Crippen molar-refractivity contribution in [3.8, 4) is 0 Å². The molecule has 0 aliphatic carbocycles. The number of aryl methyl sites for hydroxylation is 1. The lowest BCUT2D eigenvalue weighted by atomic mass is 10.0. The van der Waals surface area contributed by atoms with Crippen molar-refractivity contribution in [2.24, 2.45) is 0 Å². The highest BCUT2D eigenvalue weighted by atomic mass is 32.1. The highest BCUT2D eigenvalue weighted by molar-refractivity contribution is 7.09. The van der Waals surface area contributed by atoms with Gasteiger partial charge in [-0.2, -0.15) is 0 Å². The SMILES string of the molecule is Cc1ccccc1CC(=O)Cc1cncs1. The van der Waals surface area contributed by atoms with Crippen molar-refractivity contribution in [2.75, 3.05) is 0 Å². The van der Waals surface area contributed by atoms with Crippen LogP contribution in [-0.2, 0) is 17.6 Å². The molecule has 1 heterocycles. The Balaban J connectivity index is 2.00. The molecule has 0 aliphatic rings. The lowest BCUT2D eigenvalue weighted by Gasteiger charge is -2.03. The van der Waals surface area contributed by atoms with Crippen LogP contribution in [-0.4, -0.2) is 10.8 Å². The van der Waals surface area contributed by atoms with E-state index in [2.05, 4.69) is 4.98 Å². The first-order chi connectivity index (χ1) is 7.75. The summed E-state index contributed by atoms with van der Waals surface area (Å²) in [6.45, 7) is 2.04. The van der Waals surface area contributed by atoms with E-state index in [1.54, 1.807) is 11.7 Å². The van der Waals surface area contributed by atoms with Gasteiger partial charge in [0.15, 0.2) is 0 Å². The van der Waals surface area contributed by atoms with Crippen molar-refractivity contribution >= 4 is 17.1 Å². The van der Waals surface area contributed by atoms with Crippen LogP contribution in [0.5, 0.6) is 0 Å². The van der Waals surface area contributed by atoms with Crippen molar-refractivity contribution in [3.05, 3.63) is 52.0 Å². The van der Waals surface area contributed by atoms with Crippen LogP contribution >= 0.6 is 11.3 Å². The minimum atomic E-state index is 0.249. The Morgan fingerprint density at radius 1 is 1.31 bits per heavy atom. The molecular weight excluding hydrogens is 218 g/mol. The van der Waals surface area contributed by atoms with Crippen LogP contribution in [0.25, 0.3) is 0 Å². The van der Waals surface area contributed by atoms with Gasteiger partial charge < -0.3 is 0 Å². The summed E-state index contributed by atoms with van der Waals surface area (Å²) in [6.07, 6.45) is 2.78. The highest BCUT2D eigenvalue weighted by Crippen LogP contribution is 2.12. The standard InChI is InChI=1S/C13H13NOS/c1-10-4-2-3-5-11(10)6-12(15)7-13-8-14-9-16-13/h2-5,8-9H,6-7H2,1H3. The van der Waals surface area contributed by atoms with E-state index in [-0.39, 0.29) is 5.78 Å².